The van der Waals surface area contributed by atoms with Gasteiger partial charge in [0.2, 0.25) is 0 Å². The minimum absolute atomic E-state index is 0.434. The molecule has 118 valence electrons. The molecule has 0 saturated carbocycles. The molecule has 1 N–H and O–H groups in total. The molecule has 21 heavy (non-hydrogen) atoms. The topological polar surface area (TPSA) is 27.7 Å². The lowest BCUT2D eigenvalue weighted by atomic mass is 10.1. The van der Waals surface area contributed by atoms with E-state index in [-0.39, 0.29) is 0 Å². The summed E-state index contributed by atoms with van der Waals surface area (Å²) in [6.07, 6.45) is 0. The molecule has 1 fully saturated rings. The third kappa shape index (κ3) is 4.99. The highest BCUT2D eigenvalue weighted by Gasteiger charge is 2.14. The highest BCUT2D eigenvalue weighted by atomic mass is 16.5. The highest BCUT2D eigenvalue weighted by Crippen LogP contribution is 2.21. The Morgan fingerprint density at radius 1 is 1.24 bits per heavy atom. The summed E-state index contributed by atoms with van der Waals surface area (Å²) in [5.74, 6) is 0.955. The van der Waals surface area contributed by atoms with Crippen LogP contribution in [-0.2, 0) is 0 Å². The lowest BCUT2D eigenvalue weighted by Crippen LogP contribution is -2.46. The van der Waals surface area contributed by atoms with Gasteiger partial charge >= 0.3 is 0 Å². The molecule has 0 aliphatic carbocycles. The molecule has 1 heterocycles. The van der Waals surface area contributed by atoms with E-state index in [4.69, 9.17) is 4.74 Å². The van der Waals surface area contributed by atoms with Crippen molar-refractivity contribution in [1.82, 2.24) is 15.1 Å². The summed E-state index contributed by atoms with van der Waals surface area (Å²) >= 11 is 0. The van der Waals surface area contributed by atoms with Gasteiger partial charge < -0.3 is 10.1 Å². The Labute approximate surface area is 129 Å². The Morgan fingerprint density at radius 2 is 1.90 bits per heavy atom. The van der Waals surface area contributed by atoms with Crippen LogP contribution in [0.15, 0.2) is 24.3 Å². The molecule has 0 spiro atoms. The fourth-order valence-corrected chi connectivity index (χ4v) is 2.69. The molecule has 0 bridgehead atoms. The second-order valence-corrected chi connectivity index (χ2v) is 5.75. The standard InChI is InChI=1S/C17H29N3O/c1-4-21-17-7-5-16(6-8-17)15(2)19(3)13-14-20-11-9-18-10-12-20/h5-8,15,18H,4,9-14H2,1-3H3. The first kappa shape index (κ1) is 16.3. The van der Waals surface area contributed by atoms with E-state index in [2.05, 4.69) is 53.4 Å². The molecule has 1 aromatic carbocycles. The van der Waals surface area contributed by atoms with E-state index >= 15 is 0 Å². The van der Waals surface area contributed by atoms with Gasteiger partial charge in [0.25, 0.3) is 0 Å². The fourth-order valence-electron chi connectivity index (χ4n) is 2.69. The van der Waals surface area contributed by atoms with Crippen LogP contribution >= 0.6 is 0 Å². The van der Waals surface area contributed by atoms with E-state index in [9.17, 15) is 0 Å². The van der Waals surface area contributed by atoms with Crippen LogP contribution in [0.3, 0.4) is 0 Å². The molecule has 0 radical (unpaired) electrons. The monoisotopic (exact) mass is 291 g/mol. The van der Waals surface area contributed by atoms with Crippen molar-refractivity contribution < 1.29 is 4.74 Å². The number of rotatable bonds is 7. The minimum atomic E-state index is 0.434. The summed E-state index contributed by atoms with van der Waals surface area (Å²) in [4.78, 5) is 4.97. The number of hydrogen-bond donors (Lipinski definition) is 1. The van der Waals surface area contributed by atoms with Crippen molar-refractivity contribution in [3.05, 3.63) is 29.8 Å². The van der Waals surface area contributed by atoms with Gasteiger partial charge in [-0.05, 0) is 38.6 Å². The quantitative estimate of drug-likeness (QED) is 0.831. The van der Waals surface area contributed by atoms with Crippen molar-refractivity contribution in [3.63, 3.8) is 0 Å². The molecule has 2 rings (SSSR count). The third-order valence-electron chi connectivity index (χ3n) is 4.31. The van der Waals surface area contributed by atoms with Gasteiger partial charge in [0.15, 0.2) is 0 Å². The van der Waals surface area contributed by atoms with Gasteiger partial charge in [-0.15, -0.1) is 0 Å². The highest BCUT2D eigenvalue weighted by molar-refractivity contribution is 5.28. The summed E-state index contributed by atoms with van der Waals surface area (Å²) in [5.41, 5.74) is 1.35. The first-order valence-corrected chi connectivity index (χ1v) is 8.06. The molecule has 0 amide bonds. The van der Waals surface area contributed by atoms with Gasteiger partial charge in [0.1, 0.15) is 5.75 Å². The Hall–Kier alpha value is -1.10. The number of ether oxygens (including phenoxy) is 1. The number of hydrogen-bond acceptors (Lipinski definition) is 4. The number of benzene rings is 1. The molecule has 1 unspecified atom stereocenters. The van der Waals surface area contributed by atoms with Gasteiger partial charge in [-0.25, -0.2) is 0 Å². The molecular formula is C17H29N3O. The predicted molar refractivity (Wildman–Crippen MR) is 88.0 cm³/mol. The van der Waals surface area contributed by atoms with Crippen molar-refractivity contribution in [2.45, 2.75) is 19.9 Å². The first-order chi connectivity index (χ1) is 10.2. The molecular weight excluding hydrogens is 262 g/mol. The van der Waals surface area contributed by atoms with E-state index in [0.717, 1.165) is 38.5 Å². The van der Waals surface area contributed by atoms with Gasteiger partial charge in [-0.1, -0.05) is 12.1 Å². The zero-order valence-corrected chi connectivity index (χ0v) is 13.6. The molecule has 1 atom stereocenters. The summed E-state index contributed by atoms with van der Waals surface area (Å²) in [6.45, 7) is 11.9. The van der Waals surface area contributed by atoms with Crippen molar-refractivity contribution in [2.24, 2.45) is 0 Å². The molecule has 1 saturated heterocycles. The van der Waals surface area contributed by atoms with Crippen LogP contribution in [0.25, 0.3) is 0 Å². The van der Waals surface area contributed by atoms with Crippen molar-refractivity contribution >= 4 is 0 Å². The lowest BCUT2D eigenvalue weighted by Gasteiger charge is -2.31. The van der Waals surface area contributed by atoms with Gasteiger partial charge in [-0.2, -0.15) is 0 Å². The Morgan fingerprint density at radius 3 is 2.52 bits per heavy atom. The van der Waals surface area contributed by atoms with E-state index < -0.39 is 0 Å². The molecule has 4 heteroatoms. The summed E-state index contributed by atoms with van der Waals surface area (Å²) in [6, 6.07) is 8.93. The first-order valence-electron chi connectivity index (χ1n) is 8.06. The average Bonchev–Trinajstić information content (AvgIpc) is 2.54. The van der Waals surface area contributed by atoms with Gasteiger partial charge in [0.05, 0.1) is 6.61 Å². The number of nitrogens with zero attached hydrogens (tertiary/aromatic N) is 2. The second kappa shape index (κ2) is 8.37. The zero-order chi connectivity index (χ0) is 15.1. The Kier molecular flexibility index (Phi) is 6.49. The Bertz CT molecular complexity index is 401. The van der Waals surface area contributed by atoms with E-state index in [1.54, 1.807) is 0 Å². The molecule has 1 aliphatic heterocycles. The second-order valence-electron chi connectivity index (χ2n) is 5.75. The number of likely N-dealkylation sites (N-methyl/N-ethyl adjacent to an activating group) is 1. The predicted octanol–water partition coefficient (Wildman–Crippen LogP) is 1.98. The SMILES string of the molecule is CCOc1ccc(C(C)N(C)CCN2CCNCC2)cc1. The maximum absolute atomic E-state index is 5.50. The van der Waals surface area contributed by atoms with E-state index in [1.807, 2.05) is 6.92 Å². The van der Waals surface area contributed by atoms with Crippen molar-refractivity contribution in [1.29, 1.82) is 0 Å². The maximum Gasteiger partial charge on any atom is 0.119 e. The van der Waals surface area contributed by atoms with Crippen LogP contribution in [-0.4, -0.2) is 62.7 Å². The third-order valence-corrected chi connectivity index (χ3v) is 4.31. The maximum atomic E-state index is 5.50. The normalized spacial score (nSPS) is 17.9. The van der Waals surface area contributed by atoms with Crippen LogP contribution < -0.4 is 10.1 Å². The average molecular weight is 291 g/mol. The van der Waals surface area contributed by atoms with Crippen molar-refractivity contribution in [3.8, 4) is 5.75 Å². The molecule has 1 aromatic rings. The van der Waals surface area contributed by atoms with Crippen LogP contribution in [0.1, 0.15) is 25.5 Å². The zero-order valence-electron chi connectivity index (χ0n) is 13.6. The van der Waals surface area contributed by atoms with Crippen molar-refractivity contribution in [2.75, 3.05) is 52.9 Å². The summed E-state index contributed by atoms with van der Waals surface area (Å²) < 4.78 is 5.50. The minimum Gasteiger partial charge on any atom is -0.494 e. The fraction of sp³-hybridized carbons (Fsp3) is 0.647. The van der Waals surface area contributed by atoms with E-state index in [1.165, 1.54) is 18.7 Å². The van der Waals surface area contributed by atoms with E-state index in [0.29, 0.717) is 6.04 Å². The molecule has 4 nitrogen and oxygen atoms in total. The molecule has 1 aliphatic rings. The molecule has 0 aromatic heterocycles. The van der Waals surface area contributed by atoms with Crippen LogP contribution in [0.4, 0.5) is 0 Å². The summed E-state index contributed by atoms with van der Waals surface area (Å²) in [7, 11) is 2.21. The number of piperazine rings is 1. The van der Waals surface area contributed by atoms with Crippen LogP contribution in [0.2, 0.25) is 0 Å². The van der Waals surface area contributed by atoms with Gasteiger partial charge in [-0.3, -0.25) is 9.80 Å². The largest absolute Gasteiger partial charge is 0.494 e. The van der Waals surface area contributed by atoms with Gasteiger partial charge in [0, 0.05) is 45.3 Å². The Balaban J connectivity index is 1.81. The summed E-state index contributed by atoms with van der Waals surface area (Å²) in [5, 5.41) is 3.40. The lowest BCUT2D eigenvalue weighted by molar-refractivity contribution is 0.183. The smallest absolute Gasteiger partial charge is 0.119 e. The number of nitrogens with one attached hydrogen (secondary N) is 1. The van der Waals surface area contributed by atoms with Crippen LogP contribution in [0.5, 0.6) is 5.75 Å². The van der Waals surface area contributed by atoms with Crippen LogP contribution in [0, 0.1) is 0 Å².